The van der Waals surface area contributed by atoms with Crippen LogP contribution in [0.3, 0.4) is 0 Å². The summed E-state index contributed by atoms with van der Waals surface area (Å²) in [6.07, 6.45) is 0. The Kier molecular flexibility index (Phi) is 4.90. The number of piperazine rings is 1. The summed E-state index contributed by atoms with van der Waals surface area (Å²) in [5.74, 6) is 1.27. The molecule has 0 bridgehead atoms. The Morgan fingerprint density at radius 1 is 1.04 bits per heavy atom. The number of hydrogen-bond acceptors (Lipinski definition) is 6. The lowest BCUT2D eigenvalue weighted by atomic mass is 10.2. The molecule has 3 rings (SSSR count). The Balaban J connectivity index is 1.62. The maximum atomic E-state index is 12.2. The van der Waals surface area contributed by atoms with E-state index in [2.05, 4.69) is 32.4 Å². The predicted octanol–water partition coefficient (Wildman–Crippen LogP) is 1.49. The molecule has 1 fully saturated rings. The lowest BCUT2D eigenvalue weighted by Gasteiger charge is -2.32. The Labute approximate surface area is 141 Å². The van der Waals surface area contributed by atoms with Gasteiger partial charge in [0.1, 0.15) is 5.75 Å². The number of nitrogens with zero attached hydrogens (tertiary/aromatic N) is 4. The van der Waals surface area contributed by atoms with Crippen LogP contribution in [0, 0.1) is 0 Å². The molecule has 126 valence electrons. The van der Waals surface area contributed by atoms with Crippen LogP contribution < -0.4 is 15.0 Å². The van der Waals surface area contributed by atoms with Gasteiger partial charge >= 0.3 is 0 Å². The summed E-state index contributed by atoms with van der Waals surface area (Å²) in [7, 11) is 3.71. The third-order valence-corrected chi connectivity index (χ3v) is 4.06. The maximum absolute atomic E-state index is 12.2. The minimum atomic E-state index is -0.280. The van der Waals surface area contributed by atoms with Crippen LogP contribution in [0.1, 0.15) is 10.5 Å². The molecule has 2 heterocycles. The quantitative estimate of drug-likeness (QED) is 0.917. The number of likely N-dealkylation sites (N-methyl/N-ethyl adjacent to an activating group) is 1. The molecule has 7 nitrogen and oxygen atoms in total. The fraction of sp³-hybridized carbons (Fsp3) is 0.353. The number of anilines is 2. The molecule has 1 amide bonds. The van der Waals surface area contributed by atoms with Crippen molar-refractivity contribution in [3.05, 3.63) is 42.1 Å². The Morgan fingerprint density at radius 2 is 1.75 bits per heavy atom. The fourth-order valence-corrected chi connectivity index (χ4v) is 2.52. The van der Waals surface area contributed by atoms with Crippen LogP contribution >= 0.6 is 0 Å². The predicted molar refractivity (Wildman–Crippen MR) is 92.7 cm³/mol. The number of hydrogen-bond donors (Lipinski definition) is 1. The summed E-state index contributed by atoms with van der Waals surface area (Å²) in [6.45, 7) is 3.84. The molecule has 1 aromatic carbocycles. The van der Waals surface area contributed by atoms with Crippen molar-refractivity contribution >= 4 is 17.4 Å². The van der Waals surface area contributed by atoms with Gasteiger partial charge in [-0.2, -0.15) is 0 Å². The largest absolute Gasteiger partial charge is 0.497 e. The molecule has 0 atom stereocenters. The lowest BCUT2D eigenvalue weighted by molar-refractivity contribution is 0.102. The fourth-order valence-electron chi connectivity index (χ4n) is 2.52. The van der Waals surface area contributed by atoms with E-state index >= 15 is 0 Å². The minimum absolute atomic E-state index is 0.280. The van der Waals surface area contributed by atoms with E-state index < -0.39 is 0 Å². The average molecular weight is 327 g/mol. The molecule has 0 radical (unpaired) electrons. The van der Waals surface area contributed by atoms with Crippen LogP contribution in [0.25, 0.3) is 0 Å². The van der Waals surface area contributed by atoms with Gasteiger partial charge in [-0.3, -0.25) is 4.79 Å². The van der Waals surface area contributed by atoms with Gasteiger partial charge in [0.2, 0.25) is 0 Å². The van der Waals surface area contributed by atoms with Crippen molar-refractivity contribution in [3.63, 3.8) is 0 Å². The van der Waals surface area contributed by atoms with Gasteiger partial charge in [-0.1, -0.05) is 0 Å². The number of carbonyl (C=O) groups excluding carboxylic acids is 1. The molecule has 0 saturated carbocycles. The third-order valence-electron chi connectivity index (χ3n) is 4.06. The molecule has 2 aromatic rings. The maximum Gasteiger partial charge on any atom is 0.276 e. The smallest absolute Gasteiger partial charge is 0.276 e. The highest BCUT2D eigenvalue weighted by Crippen LogP contribution is 2.16. The monoisotopic (exact) mass is 327 g/mol. The minimum Gasteiger partial charge on any atom is -0.497 e. The second-order valence-electron chi connectivity index (χ2n) is 5.75. The zero-order chi connectivity index (χ0) is 16.9. The van der Waals surface area contributed by atoms with Gasteiger partial charge in [-0.15, -0.1) is 10.2 Å². The number of carbonyl (C=O) groups is 1. The highest BCUT2D eigenvalue weighted by atomic mass is 16.5. The molecule has 0 spiro atoms. The highest BCUT2D eigenvalue weighted by molar-refractivity contribution is 6.02. The second-order valence-corrected chi connectivity index (χ2v) is 5.75. The van der Waals surface area contributed by atoms with Gasteiger partial charge in [0, 0.05) is 31.9 Å². The molecule has 1 aromatic heterocycles. The molecule has 24 heavy (non-hydrogen) atoms. The van der Waals surface area contributed by atoms with Crippen LogP contribution in [-0.4, -0.2) is 61.3 Å². The third kappa shape index (κ3) is 3.80. The molecular weight excluding hydrogens is 306 g/mol. The Hall–Kier alpha value is -2.67. The number of methoxy groups -OCH3 is 1. The Morgan fingerprint density at radius 3 is 2.33 bits per heavy atom. The molecule has 0 unspecified atom stereocenters. The van der Waals surface area contributed by atoms with E-state index in [-0.39, 0.29) is 5.91 Å². The summed E-state index contributed by atoms with van der Waals surface area (Å²) in [6, 6.07) is 10.7. The molecule has 1 aliphatic rings. The van der Waals surface area contributed by atoms with Crippen molar-refractivity contribution < 1.29 is 9.53 Å². The zero-order valence-corrected chi connectivity index (χ0v) is 13.9. The molecule has 1 aliphatic heterocycles. The standard InChI is InChI=1S/C17H21N5O2/c1-21-9-11-22(12-10-21)16-8-7-15(19-20-16)17(23)18-13-3-5-14(24-2)6-4-13/h3-8H,9-12H2,1-2H3,(H,18,23). The topological polar surface area (TPSA) is 70.6 Å². The summed E-state index contributed by atoms with van der Waals surface area (Å²) >= 11 is 0. The zero-order valence-electron chi connectivity index (χ0n) is 13.9. The first-order valence-corrected chi connectivity index (χ1v) is 7.88. The number of benzene rings is 1. The Bertz CT molecular complexity index is 679. The molecule has 7 heteroatoms. The van der Waals surface area contributed by atoms with Crippen LogP contribution in [-0.2, 0) is 0 Å². The van der Waals surface area contributed by atoms with Gasteiger partial charge in [-0.05, 0) is 43.4 Å². The first kappa shape index (κ1) is 16.2. The highest BCUT2D eigenvalue weighted by Gasteiger charge is 2.16. The van der Waals surface area contributed by atoms with Crippen LogP contribution in [0.4, 0.5) is 11.5 Å². The van der Waals surface area contributed by atoms with Crippen molar-refractivity contribution in [3.8, 4) is 5.75 Å². The van der Waals surface area contributed by atoms with Gasteiger partial charge in [0.25, 0.3) is 5.91 Å². The van der Waals surface area contributed by atoms with Crippen molar-refractivity contribution in [2.45, 2.75) is 0 Å². The normalized spacial score (nSPS) is 15.2. The summed E-state index contributed by atoms with van der Waals surface area (Å²) < 4.78 is 5.09. The van der Waals surface area contributed by atoms with E-state index in [4.69, 9.17) is 4.74 Å². The number of amides is 1. The second kappa shape index (κ2) is 7.27. The van der Waals surface area contributed by atoms with E-state index in [0.717, 1.165) is 37.7 Å². The van der Waals surface area contributed by atoms with Gasteiger partial charge in [-0.25, -0.2) is 0 Å². The van der Waals surface area contributed by atoms with E-state index in [9.17, 15) is 4.79 Å². The van der Waals surface area contributed by atoms with E-state index in [0.29, 0.717) is 11.4 Å². The van der Waals surface area contributed by atoms with Gasteiger partial charge in [0.15, 0.2) is 11.5 Å². The van der Waals surface area contributed by atoms with Crippen LogP contribution in [0.15, 0.2) is 36.4 Å². The average Bonchev–Trinajstić information content (AvgIpc) is 2.63. The summed E-state index contributed by atoms with van der Waals surface area (Å²) in [5.41, 5.74) is 0.981. The van der Waals surface area contributed by atoms with Gasteiger partial charge in [0.05, 0.1) is 7.11 Å². The van der Waals surface area contributed by atoms with E-state index in [1.807, 2.05) is 6.07 Å². The SMILES string of the molecule is COc1ccc(NC(=O)c2ccc(N3CCN(C)CC3)nn2)cc1. The van der Waals surface area contributed by atoms with Crippen molar-refractivity contribution in [2.24, 2.45) is 0 Å². The van der Waals surface area contributed by atoms with Gasteiger partial charge < -0.3 is 19.9 Å². The first-order valence-electron chi connectivity index (χ1n) is 7.88. The van der Waals surface area contributed by atoms with Crippen molar-refractivity contribution in [1.82, 2.24) is 15.1 Å². The van der Waals surface area contributed by atoms with E-state index in [1.54, 1.807) is 37.4 Å². The van der Waals surface area contributed by atoms with Crippen molar-refractivity contribution in [2.75, 3.05) is 50.6 Å². The molecule has 1 N–H and O–H groups in total. The summed E-state index contributed by atoms with van der Waals surface area (Å²) in [5, 5.41) is 11.1. The number of rotatable bonds is 4. The molecule has 0 aliphatic carbocycles. The lowest BCUT2D eigenvalue weighted by Crippen LogP contribution is -2.44. The van der Waals surface area contributed by atoms with E-state index in [1.165, 1.54) is 0 Å². The first-order chi connectivity index (χ1) is 11.7. The number of ether oxygens (including phenoxy) is 1. The number of nitrogens with one attached hydrogen (secondary N) is 1. The molecular formula is C17H21N5O2. The van der Waals surface area contributed by atoms with Crippen LogP contribution in [0.2, 0.25) is 0 Å². The summed E-state index contributed by atoms with van der Waals surface area (Å²) in [4.78, 5) is 16.7. The van der Waals surface area contributed by atoms with Crippen LogP contribution in [0.5, 0.6) is 5.75 Å². The van der Waals surface area contributed by atoms with Crippen molar-refractivity contribution in [1.29, 1.82) is 0 Å². The number of aromatic nitrogens is 2. The molecule has 1 saturated heterocycles.